The lowest BCUT2D eigenvalue weighted by Crippen LogP contribution is -2.15. The second-order valence-corrected chi connectivity index (χ2v) is 6.80. The van der Waals surface area contributed by atoms with Crippen LogP contribution in [0.4, 0.5) is 5.69 Å². The van der Waals surface area contributed by atoms with Gasteiger partial charge in [-0.1, -0.05) is 42.1 Å². The minimum absolute atomic E-state index is 0.0574. The van der Waals surface area contributed by atoms with Gasteiger partial charge in [0, 0.05) is 5.69 Å². The predicted octanol–water partition coefficient (Wildman–Crippen LogP) is 3.92. The minimum atomic E-state index is -0.0574. The van der Waals surface area contributed by atoms with E-state index in [1.807, 2.05) is 67.8 Å². The van der Waals surface area contributed by atoms with Crippen molar-refractivity contribution in [2.24, 2.45) is 0 Å². The summed E-state index contributed by atoms with van der Waals surface area (Å²) in [6, 6.07) is 13.9. The molecule has 0 fully saturated rings. The summed E-state index contributed by atoms with van der Waals surface area (Å²) in [6.45, 7) is 6.08. The van der Waals surface area contributed by atoms with Crippen molar-refractivity contribution in [2.45, 2.75) is 25.9 Å². The first kappa shape index (κ1) is 17.2. The molecule has 6 heteroatoms. The molecule has 3 aromatic rings. The molecule has 1 heterocycles. The number of hydrogen-bond donors (Lipinski definition) is 1. The van der Waals surface area contributed by atoms with E-state index in [2.05, 4.69) is 15.5 Å². The van der Waals surface area contributed by atoms with E-state index in [1.165, 1.54) is 11.8 Å². The quantitative estimate of drug-likeness (QED) is 0.707. The molecule has 2 aromatic carbocycles. The van der Waals surface area contributed by atoms with Crippen molar-refractivity contribution < 1.29 is 4.79 Å². The van der Waals surface area contributed by atoms with Crippen LogP contribution in [0.3, 0.4) is 0 Å². The van der Waals surface area contributed by atoms with Gasteiger partial charge in [-0.3, -0.25) is 9.36 Å². The van der Waals surface area contributed by atoms with Gasteiger partial charge in [0.15, 0.2) is 5.16 Å². The number of aromatic nitrogens is 3. The van der Waals surface area contributed by atoms with Gasteiger partial charge in [-0.05, 0) is 49.6 Å². The zero-order chi connectivity index (χ0) is 17.8. The van der Waals surface area contributed by atoms with Crippen LogP contribution in [0.15, 0.2) is 53.9 Å². The Kier molecular flexibility index (Phi) is 5.19. The van der Waals surface area contributed by atoms with Crippen LogP contribution >= 0.6 is 11.8 Å². The summed E-state index contributed by atoms with van der Waals surface area (Å²) < 4.78 is 1.91. The van der Waals surface area contributed by atoms with E-state index >= 15 is 0 Å². The number of thioether (sulfide) groups is 1. The Hall–Kier alpha value is -2.60. The largest absolute Gasteiger partial charge is 0.325 e. The number of rotatable bonds is 5. The Balaban J connectivity index is 1.69. The van der Waals surface area contributed by atoms with E-state index in [9.17, 15) is 4.79 Å². The van der Waals surface area contributed by atoms with Crippen molar-refractivity contribution in [3.63, 3.8) is 0 Å². The molecule has 1 amide bonds. The molecule has 0 saturated carbocycles. The summed E-state index contributed by atoms with van der Waals surface area (Å²) in [4.78, 5) is 12.3. The SMILES string of the molecule is Cc1ccccc1-n1cnnc1SCC(=O)Nc1cccc(C)c1C. The average Bonchev–Trinajstić information content (AvgIpc) is 3.06. The number of anilines is 1. The van der Waals surface area contributed by atoms with Crippen LogP contribution in [0.1, 0.15) is 16.7 Å². The van der Waals surface area contributed by atoms with E-state index in [0.29, 0.717) is 5.16 Å². The first-order valence-corrected chi connectivity index (χ1v) is 8.99. The zero-order valence-corrected chi connectivity index (χ0v) is 15.3. The Morgan fingerprint density at radius 3 is 2.64 bits per heavy atom. The molecule has 3 rings (SSSR count). The maximum atomic E-state index is 12.3. The molecule has 5 nitrogen and oxygen atoms in total. The second kappa shape index (κ2) is 7.53. The molecular weight excluding hydrogens is 332 g/mol. The van der Waals surface area contributed by atoms with Crippen LogP contribution in [0.2, 0.25) is 0 Å². The van der Waals surface area contributed by atoms with Crippen molar-refractivity contribution in [3.8, 4) is 5.69 Å². The lowest BCUT2D eigenvalue weighted by molar-refractivity contribution is -0.113. The molecule has 1 N–H and O–H groups in total. The lowest BCUT2D eigenvalue weighted by atomic mass is 10.1. The Bertz CT molecular complexity index is 904. The van der Waals surface area contributed by atoms with Crippen molar-refractivity contribution in [1.29, 1.82) is 0 Å². The number of amides is 1. The van der Waals surface area contributed by atoms with Crippen molar-refractivity contribution in [2.75, 3.05) is 11.1 Å². The molecular formula is C19H20N4OS. The molecule has 0 spiro atoms. The monoisotopic (exact) mass is 352 g/mol. The highest BCUT2D eigenvalue weighted by Crippen LogP contribution is 2.23. The third kappa shape index (κ3) is 3.91. The highest BCUT2D eigenvalue weighted by atomic mass is 32.2. The van der Waals surface area contributed by atoms with Gasteiger partial charge in [-0.15, -0.1) is 10.2 Å². The lowest BCUT2D eigenvalue weighted by Gasteiger charge is -2.11. The molecule has 0 aliphatic carbocycles. The number of hydrogen-bond acceptors (Lipinski definition) is 4. The molecule has 0 aliphatic rings. The van der Waals surface area contributed by atoms with Gasteiger partial charge in [-0.2, -0.15) is 0 Å². The molecule has 0 radical (unpaired) electrons. The molecule has 0 saturated heterocycles. The fourth-order valence-corrected chi connectivity index (χ4v) is 3.25. The maximum Gasteiger partial charge on any atom is 0.234 e. The summed E-state index contributed by atoms with van der Waals surface area (Å²) in [5.74, 6) is 0.218. The van der Waals surface area contributed by atoms with Crippen LogP contribution in [-0.4, -0.2) is 26.4 Å². The molecule has 0 unspecified atom stereocenters. The number of benzene rings is 2. The van der Waals surface area contributed by atoms with Gasteiger partial charge in [0.05, 0.1) is 11.4 Å². The van der Waals surface area contributed by atoms with Gasteiger partial charge < -0.3 is 5.32 Å². The Morgan fingerprint density at radius 1 is 1.08 bits per heavy atom. The van der Waals surface area contributed by atoms with Crippen molar-refractivity contribution in [3.05, 3.63) is 65.5 Å². The third-order valence-corrected chi connectivity index (χ3v) is 5.05. The third-order valence-electron chi connectivity index (χ3n) is 4.10. The normalized spacial score (nSPS) is 10.7. The van der Waals surface area contributed by atoms with E-state index in [1.54, 1.807) is 6.33 Å². The van der Waals surface area contributed by atoms with E-state index in [4.69, 9.17) is 0 Å². The number of carbonyl (C=O) groups is 1. The predicted molar refractivity (Wildman–Crippen MR) is 101 cm³/mol. The van der Waals surface area contributed by atoms with E-state index < -0.39 is 0 Å². The second-order valence-electron chi connectivity index (χ2n) is 5.85. The smallest absolute Gasteiger partial charge is 0.234 e. The van der Waals surface area contributed by atoms with Crippen molar-refractivity contribution in [1.82, 2.24) is 14.8 Å². The summed E-state index contributed by atoms with van der Waals surface area (Å²) in [5, 5.41) is 11.8. The van der Waals surface area contributed by atoms with Crippen LogP contribution < -0.4 is 5.32 Å². The molecule has 25 heavy (non-hydrogen) atoms. The summed E-state index contributed by atoms with van der Waals surface area (Å²) in [6.07, 6.45) is 1.67. The standard InChI is InChI=1S/C19H20N4OS/c1-13-8-6-9-16(15(13)3)21-18(24)11-25-19-22-20-12-23(19)17-10-5-4-7-14(17)2/h4-10,12H,11H2,1-3H3,(H,21,24). The van der Waals surface area contributed by atoms with Gasteiger partial charge in [0.2, 0.25) is 5.91 Å². The van der Waals surface area contributed by atoms with Crippen molar-refractivity contribution >= 4 is 23.4 Å². The van der Waals surface area contributed by atoms with Crippen LogP contribution in [-0.2, 0) is 4.79 Å². The van der Waals surface area contributed by atoms with Crippen LogP contribution in [0, 0.1) is 20.8 Å². The Labute approximate surface area is 151 Å². The summed E-state index contributed by atoms with van der Waals surface area (Å²) >= 11 is 1.37. The Morgan fingerprint density at radius 2 is 1.84 bits per heavy atom. The fourth-order valence-electron chi connectivity index (χ4n) is 2.52. The maximum absolute atomic E-state index is 12.3. The van der Waals surface area contributed by atoms with E-state index in [-0.39, 0.29) is 11.7 Å². The molecule has 0 bridgehead atoms. The summed E-state index contributed by atoms with van der Waals surface area (Å²) in [5.41, 5.74) is 5.24. The molecule has 1 aromatic heterocycles. The fraction of sp³-hybridized carbons (Fsp3) is 0.211. The molecule has 0 atom stereocenters. The minimum Gasteiger partial charge on any atom is -0.325 e. The van der Waals surface area contributed by atoms with Crippen LogP contribution in [0.5, 0.6) is 0 Å². The topological polar surface area (TPSA) is 59.8 Å². The number of nitrogens with one attached hydrogen (secondary N) is 1. The first-order chi connectivity index (χ1) is 12.1. The van der Waals surface area contributed by atoms with Gasteiger partial charge in [-0.25, -0.2) is 0 Å². The van der Waals surface area contributed by atoms with Gasteiger partial charge in [0.1, 0.15) is 6.33 Å². The van der Waals surface area contributed by atoms with E-state index in [0.717, 1.165) is 28.1 Å². The van der Waals surface area contributed by atoms with Gasteiger partial charge >= 0.3 is 0 Å². The molecule has 0 aliphatic heterocycles. The zero-order valence-electron chi connectivity index (χ0n) is 14.5. The molecule has 128 valence electrons. The summed E-state index contributed by atoms with van der Waals surface area (Å²) in [7, 11) is 0. The number of carbonyl (C=O) groups excluding carboxylic acids is 1. The van der Waals surface area contributed by atoms with Gasteiger partial charge in [0.25, 0.3) is 0 Å². The highest BCUT2D eigenvalue weighted by Gasteiger charge is 2.12. The first-order valence-electron chi connectivity index (χ1n) is 8.01. The number of para-hydroxylation sites is 1. The highest BCUT2D eigenvalue weighted by molar-refractivity contribution is 7.99. The number of nitrogens with zero attached hydrogens (tertiary/aromatic N) is 3. The average molecular weight is 352 g/mol. The van der Waals surface area contributed by atoms with Crippen LogP contribution in [0.25, 0.3) is 5.69 Å². The number of aryl methyl sites for hydroxylation is 2.